The molecule has 3 heterocycles. The molecule has 0 bridgehead atoms. The number of aromatic nitrogens is 4. The molecular formula is C22H14N4. The predicted octanol–water partition coefficient (Wildman–Crippen LogP) is 5.18. The van der Waals surface area contributed by atoms with Crippen molar-refractivity contribution in [1.82, 2.24) is 19.4 Å². The van der Waals surface area contributed by atoms with Crippen molar-refractivity contribution in [2.24, 2.45) is 0 Å². The zero-order chi connectivity index (χ0) is 17.1. The fourth-order valence-corrected chi connectivity index (χ4v) is 3.74. The Morgan fingerprint density at radius 2 is 1.42 bits per heavy atom. The summed E-state index contributed by atoms with van der Waals surface area (Å²) < 4.78 is 2.23. The Kier molecular flexibility index (Phi) is 2.58. The molecule has 6 rings (SSSR count). The monoisotopic (exact) mass is 334 g/mol. The summed E-state index contributed by atoms with van der Waals surface area (Å²) in [6.07, 6.45) is 0. The van der Waals surface area contributed by atoms with Crippen LogP contribution in [-0.2, 0) is 0 Å². The van der Waals surface area contributed by atoms with Crippen molar-refractivity contribution in [2.75, 3.05) is 0 Å². The topological polar surface area (TPSA) is 46.0 Å². The van der Waals surface area contributed by atoms with E-state index in [1.165, 1.54) is 5.39 Å². The number of para-hydroxylation sites is 5. The van der Waals surface area contributed by atoms with Crippen LogP contribution in [0.4, 0.5) is 0 Å². The molecule has 0 saturated heterocycles. The lowest BCUT2D eigenvalue weighted by Crippen LogP contribution is -1.93. The average Bonchev–Trinajstić information content (AvgIpc) is 3.29. The molecule has 0 fully saturated rings. The minimum absolute atomic E-state index is 0.845. The number of nitrogens with one attached hydrogen (secondary N) is 1. The van der Waals surface area contributed by atoms with Gasteiger partial charge in [-0.3, -0.25) is 4.40 Å². The number of hydrogen-bond acceptors (Lipinski definition) is 2. The summed E-state index contributed by atoms with van der Waals surface area (Å²) in [7, 11) is 0. The lowest BCUT2D eigenvalue weighted by molar-refractivity contribution is 1.27. The first-order chi connectivity index (χ1) is 12.9. The van der Waals surface area contributed by atoms with E-state index in [0.717, 1.165) is 44.6 Å². The Bertz CT molecular complexity index is 1410. The maximum absolute atomic E-state index is 4.91. The molecule has 0 aliphatic rings. The Morgan fingerprint density at radius 1 is 0.692 bits per heavy atom. The van der Waals surface area contributed by atoms with Crippen molar-refractivity contribution < 1.29 is 0 Å². The molecule has 4 heteroatoms. The first-order valence-electron chi connectivity index (χ1n) is 8.62. The van der Waals surface area contributed by atoms with E-state index in [9.17, 15) is 0 Å². The van der Waals surface area contributed by atoms with Crippen LogP contribution in [0.25, 0.3) is 50.0 Å². The SMILES string of the molecule is c1ccc2c(c1)cc(-c1nc3ccccc3[nH]1)c1nc3ccccc3n12. The quantitative estimate of drug-likeness (QED) is 0.450. The van der Waals surface area contributed by atoms with Gasteiger partial charge < -0.3 is 4.98 Å². The van der Waals surface area contributed by atoms with Crippen LogP contribution in [-0.4, -0.2) is 19.4 Å². The third-order valence-electron chi connectivity index (χ3n) is 4.92. The summed E-state index contributed by atoms with van der Waals surface area (Å²) in [5, 5.41) is 1.17. The molecule has 0 atom stereocenters. The number of pyridine rings is 1. The molecule has 6 aromatic rings. The van der Waals surface area contributed by atoms with Crippen LogP contribution < -0.4 is 0 Å². The van der Waals surface area contributed by atoms with Crippen LogP contribution in [0.2, 0.25) is 0 Å². The van der Waals surface area contributed by atoms with Crippen molar-refractivity contribution in [3.8, 4) is 11.4 Å². The molecule has 0 radical (unpaired) electrons. The number of nitrogens with zero attached hydrogens (tertiary/aromatic N) is 3. The summed E-state index contributed by atoms with van der Waals surface area (Å²) in [5.74, 6) is 0.845. The first kappa shape index (κ1) is 13.6. The van der Waals surface area contributed by atoms with Crippen molar-refractivity contribution in [3.05, 3.63) is 78.9 Å². The highest BCUT2D eigenvalue weighted by Crippen LogP contribution is 2.31. The van der Waals surface area contributed by atoms with Crippen molar-refractivity contribution in [1.29, 1.82) is 0 Å². The van der Waals surface area contributed by atoms with Gasteiger partial charge in [0.05, 0.1) is 33.1 Å². The van der Waals surface area contributed by atoms with Gasteiger partial charge in [-0.1, -0.05) is 42.5 Å². The summed E-state index contributed by atoms with van der Waals surface area (Å²) in [6, 6.07) is 26.9. The number of aromatic amines is 1. The second-order valence-corrected chi connectivity index (χ2v) is 6.48. The van der Waals surface area contributed by atoms with E-state index in [4.69, 9.17) is 9.97 Å². The number of benzene rings is 3. The van der Waals surface area contributed by atoms with Gasteiger partial charge in [0.15, 0.2) is 0 Å². The maximum Gasteiger partial charge on any atom is 0.149 e. The van der Waals surface area contributed by atoms with Crippen LogP contribution in [0.1, 0.15) is 0 Å². The Labute approximate surface area is 148 Å². The molecule has 0 unspecified atom stereocenters. The van der Waals surface area contributed by atoms with Crippen LogP contribution in [0.15, 0.2) is 78.9 Å². The smallest absolute Gasteiger partial charge is 0.149 e. The lowest BCUT2D eigenvalue weighted by Gasteiger charge is -2.07. The zero-order valence-electron chi connectivity index (χ0n) is 13.8. The maximum atomic E-state index is 4.91. The molecule has 26 heavy (non-hydrogen) atoms. The van der Waals surface area contributed by atoms with Gasteiger partial charge in [0.25, 0.3) is 0 Å². The minimum atomic E-state index is 0.845. The normalized spacial score (nSPS) is 11.8. The van der Waals surface area contributed by atoms with Gasteiger partial charge in [0.2, 0.25) is 0 Å². The summed E-state index contributed by atoms with van der Waals surface area (Å²) in [5.41, 5.74) is 7.17. The summed E-state index contributed by atoms with van der Waals surface area (Å²) in [4.78, 5) is 13.2. The van der Waals surface area contributed by atoms with E-state index in [1.807, 2.05) is 30.3 Å². The Morgan fingerprint density at radius 3 is 2.31 bits per heavy atom. The molecule has 3 aromatic carbocycles. The largest absolute Gasteiger partial charge is 0.338 e. The number of H-pyrrole nitrogens is 1. The van der Waals surface area contributed by atoms with Gasteiger partial charge in [-0.05, 0) is 41.8 Å². The lowest BCUT2D eigenvalue weighted by atomic mass is 10.1. The van der Waals surface area contributed by atoms with Gasteiger partial charge in [-0.2, -0.15) is 0 Å². The van der Waals surface area contributed by atoms with Crippen LogP contribution in [0.3, 0.4) is 0 Å². The van der Waals surface area contributed by atoms with E-state index in [2.05, 4.69) is 57.9 Å². The van der Waals surface area contributed by atoms with E-state index >= 15 is 0 Å². The van der Waals surface area contributed by atoms with Gasteiger partial charge in [-0.15, -0.1) is 0 Å². The van der Waals surface area contributed by atoms with Crippen LogP contribution in [0.5, 0.6) is 0 Å². The fraction of sp³-hybridized carbons (Fsp3) is 0. The standard InChI is InChI=1S/C22H14N4/c1-5-11-19-14(7-1)13-15(21-23-16-8-2-3-9-17(16)24-21)22-25-18-10-4-6-12-20(18)26(19)22/h1-13H,(H,23,24). The van der Waals surface area contributed by atoms with Crippen molar-refractivity contribution >= 4 is 38.6 Å². The molecular weight excluding hydrogens is 320 g/mol. The van der Waals surface area contributed by atoms with E-state index in [-0.39, 0.29) is 0 Å². The molecule has 1 N–H and O–H groups in total. The number of rotatable bonds is 1. The average molecular weight is 334 g/mol. The molecule has 122 valence electrons. The Balaban J connectivity index is 1.82. The molecule has 0 aliphatic carbocycles. The van der Waals surface area contributed by atoms with Gasteiger partial charge in [-0.25, -0.2) is 9.97 Å². The van der Waals surface area contributed by atoms with Crippen molar-refractivity contribution in [3.63, 3.8) is 0 Å². The summed E-state index contributed by atoms with van der Waals surface area (Å²) >= 11 is 0. The summed E-state index contributed by atoms with van der Waals surface area (Å²) in [6.45, 7) is 0. The Hall–Kier alpha value is -3.66. The van der Waals surface area contributed by atoms with E-state index < -0.39 is 0 Å². The van der Waals surface area contributed by atoms with Crippen LogP contribution >= 0.6 is 0 Å². The number of fused-ring (bicyclic) bond motifs is 6. The van der Waals surface area contributed by atoms with Gasteiger partial charge in [0.1, 0.15) is 11.5 Å². The highest BCUT2D eigenvalue weighted by atomic mass is 15.0. The van der Waals surface area contributed by atoms with E-state index in [1.54, 1.807) is 0 Å². The third kappa shape index (κ3) is 1.78. The third-order valence-corrected chi connectivity index (χ3v) is 4.92. The molecule has 0 amide bonds. The highest BCUT2D eigenvalue weighted by Gasteiger charge is 2.16. The zero-order valence-corrected chi connectivity index (χ0v) is 13.8. The second-order valence-electron chi connectivity index (χ2n) is 6.48. The highest BCUT2D eigenvalue weighted by molar-refractivity contribution is 5.97. The fourth-order valence-electron chi connectivity index (χ4n) is 3.74. The van der Waals surface area contributed by atoms with Crippen LogP contribution in [0, 0.1) is 0 Å². The second kappa shape index (κ2) is 4.92. The minimum Gasteiger partial charge on any atom is -0.338 e. The van der Waals surface area contributed by atoms with E-state index in [0.29, 0.717) is 0 Å². The molecule has 3 aromatic heterocycles. The molecule has 0 saturated carbocycles. The van der Waals surface area contributed by atoms with Gasteiger partial charge >= 0.3 is 0 Å². The molecule has 0 spiro atoms. The number of hydrogen-bond donors (Lipinski definition) is 1. The van der Waals surface area contributed by atoms with Crippen molar-refractivity contribution in [2.45, 2.75) is 0 Å². The predicted molar refractivity (Wildman–Crippen MR) is 105 cm³/mol. The first-order valence-corrected chi connectivity index (χ1v) is 8.62. The number of imidazole rings is 2. The molecule has 0 aliphatic heterocycles. The van der Waals surface area contributed by atoms with Gasteiger partial charge in [0, 0.05) is 0 Å². The molecule has 4 nitrogen and oxygen atoms in total.